The van der Waals surface area contributed by atoms with E-state index in [9.17, 15) is 18.4 Å². The van der Waals surface area contributed by atoms with Crippen LogP contribution in [0.25, 0.3) is 0 Å². The molecule has 1 aliphatic heterocycles. The van der Waals surface area contributed by atoms with Gasteiger partial charge in [0.2, 0.25) is 0 Å². The Morgan fingerprint density at radius 1 is 1.33 bits per heavy atom. The van der Waals surface area contributed by atoms with Crippen molar-refractivity contribution < 1.29 is 23.1 Å². The van der Waals surface area contributed by atoms with Crippen molar-refractivity contribution in [1.82, 2.24) is 4.90 Å². The Labute approximate surface area is 121 Å². The summed E-state index contributed by atoms with van der Waals surface area (Å²) in [5, 5.41) is 0. The Balaban J connectivity index is 2.22. The number of halogens is 2. The Morgan fingerprint density at radius 2 is 2.10 bits per heavy atom. The van der Waals surface area contributed by atoms with E-state index in [0.29, 0.717) is 13.0 Å². The molecule has 1 atom stereocenters. The molecule has 1 unspecified atom stereocenters. The maximum Gasteiger partial charge on any atom is 0.307 e. The summed E-state index contributed by atoms with van der Waals surface area (Å²) in [6.45, 7) is 0.427. The van der Waals surface area contributed by atoms with Gasteiger partial charge in [-0.2, -0.15) is 0 Å². The summed E-state index contributed by atoms with van der Waals surface area (Å²) in [5.74, 6) is -2.43. The minimum Gasteiger partial charge on any atom is -0.469 e. The van der Waals surface area contributed by atoms with Crippen LogP contribution in [-0.4, -0.2) is 36.5 Å². The Hall–Kier alpha value is -1.98. The number of piperidine rings is 1. The number of esters is 1. The van der Waals surface area contributed by atoms with Gasteiger partial charge in [0.25, 0.3) is 5.91 Å². The molecule has 6 heteroatoms. The number of methoxy groups -OCH3 is 1. The maximum atomic E-state index is 13.7. The van der Waals surface area contributed by atoms with Crippen LogP contribution in [0.5, 0.6) is 0 Å². The van der Waals surface area contributed by atoms with Crippen LogP contribution in [0.15, 0.2) is 18.2 Å². The molecule has 1 heterocycles. The maximum absolute atomic E-state index is 13.7. The third-order valence-corrected chi connectivity index (χ3v) is 3.68. The summed E-state index contributed by atoms with van der Waals surface area (Å²) in [6, 6.07) is 2.46. The molecule has 1 aromatic carbocycles. The third kappa shape index (κ3) is 3.56. The van der Waals surface area contributed by atoms with E-state index in [-0.39, 0.29) is 18.0 Å². The van der Waals surface area contributed by atoms with Crippen molar-refractivity contribution >= 4 is 11.9 Å². The van der Waals surface area contributed by atoms with Crippen LogP contribution in [0, 0.1) is 11.6 Å². The van der Waals surface area contributed by atoms with Crippen molar-refractivity contribution in [2.45, 2.75) is 31.7 Å². The van der Waals surface area contributed by atoms with Gasteiger partial charge in [0, 0.05) is 12.6 Å². The third-order valence-electron chi connectivity index (χ3n) is 3.68. The second-order valence-corrected chi connectivity index (χ2v) is 5.05. The topological polar surface area (TPSA) is 46.6 Å². The van der Waals surface area contributed by atoms with Gasteiger partial charge in [0.1, 0.15) is 11.6 Å². The minimum absolute atomic E-state index is 0.0686. The minimum atomic E-state index is -0.760. The van der Waals surface area contributed by atoms with Gasteiger partial charge in [-0.15, -0.1) is 0 Å². The van der Waals surface area contributed by atoms with E-state index in [2.05, 4.69) is 4.74 Å². The highest BCUT2D eigenvalue weighted by Gasteiger charge is 2.30. The number of ether oxygens (including phenoxy) is 1. The molecule has 0 radical (unpaired) electrons. The largest absolute Gasteiger partial charge is 0.469 e. The first kappa shape index (κ1) is 15.4. The second kappa shape index (κ2) is 6.65. The van der Waals surface area contributed by atoms with E-state index in [4.69, 9.17) is 0 Å². The molecule has 0 spiro atoms. The number of benzene rings is 1. The number of hydrogen-bond donors (Lipinski definition) is 0. The van der Waals surface area contributed by atoms with Crippen LogP contribution in [0.4, 0.5) is 8.78 Å². The van der Waals surface area contributed by atoms with Gasteiger partial charge < -0.3 is 9.64 Å². The van der Waals surface area contributed by atoms with Crippen molar-refractivity contribution in [2.24, 2.45) is 0 Å². The Bertz CT molecular complexity index is 548. The molecule has 0 bridgehead atoms. The molecule has 1 aliphatic rings. The second-order valence-electron chi connectivity index (χ2n) is 5.05. The first-order valence-electron chi connectivity index (χ1n) is 6.85. The van der Waals surface area contributed by atoms with Crippen LogP contribution in [-0.2, 0) is 9.53 Å². The van der Waals surface area contributed by atoms with Crippen LogP contribution in [0.1, 0.15) is 36.0 Å². The van der Waals surface area contributed by atoms with E-state index in [1.54, 1.807) is 0 Å². The van der Waals surface area contributed by atoms with Gasteiger partial charge in [-0.1, -0.05) is 0 Å². The Morgan fingerprint density at radius 3 is 2.81 bits per heavy atom. The highest BCUT2D eigenvalue weighted by molar-refractivity contribution is 5.95. The van der Waals surface area contributed by atoms with Crippen LogP contribution < -0.4 is 0 Å². The predicted molar refractivity (Wildman–Crippen MR) is 71.7 cm³/mol. The molecule has 21 heavy (non-hydrogen) atoms. The average molecular weight is 297 g/mol. The van der Waals surface area contributed by atoms with Crippen molar-refractivity contribution in [3.05, 3.63) is 35.4 Å². The number of rotatable bonds is 3. The van der Waals surface area contributed by atoms with Gasteiger partial charge in [-0.3, -0.25) is 9.59 Å². The lowest BCUT2D eigenvalue weighted by Crippen LogP contribution is -2.45. The normalized spacial score (nSPS) is 18.4. The molecule has 0 N–H and O–H groups in total. The lowest BCUT2D eigenvalue weighted by Gasteiger charge is -2.35. The first-order chi connectivity index (χ1) is 10.0. The first-order valence-corrected chi connectivity index (χ1v) is 6.85. The molecule has 2 rings (SSSR count). The van der Waals surface area contributed by atoms with E-state index >= 15 is 0 Å². The van der Waals surface area contributed by atoms with Gasteiger partial charge in [-0.05, 0) is 37.5 Å². The number of likely N-dealkylation sites (tertiary alicyclic amines) is 1. The summed E-state index contributed by atoms with van der Waals surface area (Å²) >= 11 is 0. The molecular formula is C15H17F2NO3. The molecular weight excluding hydrogens is 280 g/mol. The quantitative estimate of drug-likeness (QED) is 0.805. The summed E-state index contributed by atoms with van der Waals surface area (Å²) in [7, 11) is 1.28. The number of carbonyl (C=O) groups excluding carboxylic acids is 2. The van der Waals surface area contributed by atoms with Crippen LogP contribution >= 0.6 is 0 Å². The highest BCUT2D eigenvalue weighted by atomic mass is 19.1. The summed E-state index contributed by atoms with van der Waals surface area (Å²) in [4.78, 5) is 25.3. The van der Waals surface area contributed by atoms with Crippen LogP contribution in [0.2, 0.25) is 0 Å². The van der Waals surface area contributed by atoms with Crippen molar-refractivity contribution in [1.29, 1.82) is 0 Å². The SMILES string of the molecule is COC(=O)CC1CCCCN1C(=O)c1cc(F)ccc1F. The van der Waals surface area contributed by atoms with Gasteiger partial charge in [0.05, 0.1) is 19.1 Å². The van der Waals surface area contributed by atoms with E-state index in [1.807, 2.05) is 0 Å². The summed E-state index contributed by atoms with van der Waals surface area (Å²) in [6.07, 6.45) is 2.38. The van der Waals surface area contributed by atoms with Crippen molar-refractivity contribution in [3.63, 3.8) is 0 Å². The molecule has 0 saturated carbocycles. The predicted octanol–water partition coefficient (Wildman–Crippen LogP) is 2.52. The number of amides is 1. The molecule has 1 fully saturated rings. The average Bonchev–Trinajstić information content (AvgIpc) is 2.49. The Kier molecular flexibility index (Phi) is 4.88. The van der Waals surface area contributed by atoms with Crippen molar-refractivity contribution in [3.8, 4) is 0 Å². The molecule has 4 nitrogen and oxygen atoms in total. The number of nitrogens with zero attached hydrogens (tertiary/aromatic N) is 1. The summed E-state index contributed by atoms with van der Waals surface area (Å²) in [5.41, 5.74) is -0.299. The molecule has 114 valence electrons. The van der Waals surface area contributed by atoms with E-state index in [1.165, 1.54) is 12.0 Å². The van der Waals surface area contributed by atoms with Crippen LogP contribution in [0.3, 0.4) is 0 Å². The molecule has 0 aliphatic carbocycles. The number of hydrogen-bond acceptors (Lipinski definition) is 3. The molecule has 1 aromatic rings. The zero-order valence-corrected chi connectivity index (χ0v) is 11.8. The fourth-order valence-electron chi connectivity index (χ4n) is 2.57. The van der Waals surface area contributed by atoms with Gasteiger partial charge in [0.15, 0.2) is 0 Å². The van der Waals surface area contributed by atoms with Gasteiger partial charge >= 0.3 is 5.97 Å². The standard InChI is InChI=1S/C15H17F2NO3/c1-21-14(19)9-11-4-2-3-7-18(11)15(20)12-8-10(16)5-6-13(12)17/h5-6,8,11H,2-4,7,9H2,1H3. The number of carbonyl (C=O) groups is 2. The monoisotopic (exact) mass is 297 g/mol. The lowest BCUT2D eigenvalue weighted by molar-refractivity contribution is -0.142. The fraction of sp³-hybridized carbons (Fsp3) is 0.467. The highest BCUT2D eigenvalue weighted by Crippen LogP contribution is 2.23. The zero-order valence-electron chi connectivity index (χ0n) is 11.8. The smallest absolute Gasteiger partial charge is 0.307 e. The molecule has 1 amide bonds. The summed E-state index contributed by atoms with van der Waals surface area (Å²) < 4.78 is 31.6. The fourth-order valence-corrected chi connectivity index (χ4v) is 2.57. The zero-order chi connectivity index (χ0) is 15.4. The molecule has 1 saturated heterocycles. The van der Waals surface area contributed by atoms with E-state index < -0.39 is 23.5 Å². The van der Waals surface area contributed by atoms with Crippen molar-refractivity contribution in [2.75, 3.05) is 13.7 Å². The lowest BCUT2D eigenvalue weighted by atomic mass is 9.98. The van der Waals surface area contributed by atoms with E-state index in [0.717, 1.165) is 31.0 Å². The molecule has 0 aromatic heterocycles. The van der Waals surface area contributed by atoms with Gasteiger partial charge in [-0.25, -0.2) is 8.78 Å².